The Hall–Kier alpha value is -3.34. The van der Waals surface area contributed by atoms with Gasteiger partial charge in [-0.05, 0) is 43.5 Å². The Balaban J connectivity index is 0.00000420. The van der Waals surface area contributed by atoms with Crippen molar-refractivity contribution < 1.29 is 23.5 Å². The van der Waals surface area contributed by atoms with Crippen LogP contribution >= 0.6 is 12.4 Å². The van der Waals surface area contributed by atoms with E-state index in [1.165, 1.54) is 17.1 Å². The predicted octanol–water partition coefficient (Wildman–Crippen LogP) is 2.28. The second-order valence-corrected chi connectivity index (χ2v) is 10.5. The molecule has 9 nitrogen and oxygen atoms in total. The molecule has 0 bridgehead atoms. The standard InChI is InChI=1S/C28H34FN5O4.ClH/c1-27(2,30)25(36)31-22(17-38-16-20-7-5-4-6-8-20)24(35)34-14-13-23-28(18-34,26(37)33(3)32-23)15-19-9-11-21(29)12-10-19;/h4-12,22H,13-18,30H2,1-3H3,(H,31,36);1H/t22-,28+;/m1./s1. The summed E-state index contributed by atoms with van der Waals surface area (Å²) in [5, 5.41) is 8.51. The molecule has 39 heavy (non-hydrogen) atoms. The van der Waals surface area contributed by atoms with Crippen LogP contribution in [0.1, 0.15) is 31.4 Å². The molecule has 3 amide bonds. The first kappa shape index (κ1) is 30.2. The van der Waals surface area contributed by atoms with E-state index in [9.17, 15) is 18.8 Å². The molecule has 2 atom stereocenters. The van der Waals surface area contributed by atoms with Crippen LogP contribution in [0.5, 0.6) is 0 Å². The van der Waals surface area contributed by atoms with Gasteiger partial charge in [0.2, 0.25) is 11.8 Å². The first-order chi connectivity index (χ1) is 18.0. The lowest BCUT2D eigenvalue weighted by molar-refractivity contribution is -0.143. The molecule has 210 valence electrons. The molecule has 0 aliphatic carbocycles. The average molecular weight is 560 g/mol. The molecule has 2 aromatic carbocycles. The fourth-order valence-electron chi connectivity index (χ4n) is 4.83. The maximum Gasteiger partial charge on any atom is 0.256 e. The van der Waals surface area contributed by atoms with Crippen molar-refractivity contribution in [1.29, 1.82) is 0 Å². The highest BCUT2D eigenvalue weighted by Gasteiger charge is 2.54. The third kappa shape index (κ3) is 6.81. The Bertz CT molecular complexity index is 1220. The fourth-order valence-corrected chi connectivity index (χ4v) is 4.83. The topological polar surface area (TPSA) is 117 Å². The van der Waals surface area contributed by atoms with Gasteiger partial charge in [0, 0.05) is 26.6 Å². The minimum atomic E-state index is -1.20. The quantitative estimate of drug-likeness (QED) is 0.489. The second kappa shape index (κ2) is 12.2. The number of hydrogen-bond acceptors (Lipinski definition) is 6. The molecule has 0 radical (unpaired) electrons. The van der Waals surface area contributed by atoms with E-state index < -0.39 is 22.9 Å². The summed E-state index contributed by atoms with van der Waals surface area (Å²) in [7, 11) is 1.59. The van der Waals surface area contributed by atoms with Gasteiger partial charge in [-0.2, -0.15) is 5.10 Å². The normalized spacial score (nSPS) is 19.6. The van der Waals surface area contributed by atoms with Crippen molar-refractivity contribution in [3.05, 3.63) is 71.5 Å². The van der Waals surface area contributed by atoms with Gasteiger partial charge in [-0.25, -0.2) is 9.40 Å². The van der Waals surface area contributed by atoms with Gasteiger partial charge in [0.25, 0.3) is 5.91 Å². The van der Waals surface area contributed by atoms with E-state index in [2.05, 4.69) is 10.4 Å². The van der Waals surface area contributed by atoms with Gasteiger partial charge in [-0.3, -0.25) is 14.4 Å². The van der Waals surface area contributed by atoms with Crippen molar-refractivity contribution >= 4 is 35.8 Å². The molecule has 4 rings (SSSR count). The molecule has 2 heterocycles. The number of nitrogens with zero attached hydrogens (tertiary/aromatic N) is 3. The predicted molar refractivity (Wildman–Crippen MR) is 147 cm³/mol. The maximum atomic E-state index is 13.8. The van der Waals surface area contributed by atoms with Crippen molar-refractivity contribution in [1.82, 2.24) is 15.2 Å². The first-order valence-corrected chi connectivity index (χ1v) is 12.6. The summed E-state index contributed by atoms with van der Waals surface area (Å²) in [4.78, 5) is 41.5. The Labute approximate surface area is 234 Å². The highest BCUT2D eigenvalue weighted by molar-refractivity contribution is 6.13. The van der Waals surface area contributed by atoms with Crippen molar-refractivity contribution in [2.24, 2.45) is 16.3 Å². The van der Waals surface area contributed by atoms with E-state index >= 15 is 0 Å². The summed E-state index contributed by atoms with van der Waals surface area (Å²) < 4.78 is 19.3. The largest absolute Gasteiger partial charge is 0.374 e. The van der Waals surface area contributed by atoms with Crippen LogP contribution in [0.15, 0.2) is 59.7 Å². The summed E-state index contributed by atoms with van der Waals surface area (Å²) in [5.74, 6) is -1.45. The van der Waals surface area contributed by atoms with Crippen molar-refractivity contribution in [3.8, 4) is 0 Å². The van der Waals surface area contributed by atoms with Crippen molar-refractivity contribution in [2.75, 3.05) is 26.7 Å². The highest BCUT2D eigenvalue weighted by Crippen LogP contribution is 2.38. The molecule has 0 saturated carbocycles. The van der Waals surface area contributed by atoms with E-state index in [0.717, 1.165) is 11.1 Å². The zero-order valence-electron chi connectivity index (χ0n) is 22.4. The number of nitrogens with one attached hydrogen (secondary N) is 1. The number of hydrogen-bond donors (Lipinski definition) is 2. The second-order valence-electron chi connectivity index (χ2n) is 10.5. The molecular weight excluding hydrogens is 525 g/mol. The van der Waals surface area contributed by atoms with Crippen molar-refractivity contribution in [2.45, 2.75) is 44.9 Å². The van der Waals surface area contributed by atoms with Gasteiger partial charge in [0.15, 0.2) is 0 Å². The molecule has 0 unspecified atom stereocenters. The molecule has 11 heteroatoms. The van der Waals surface area contributed by atoms with E-state index in [4.69, 9.17) is 10.5 Å². The number of piperidine rings is 1. The minimum Gasteiger partial charge on any atom is -0.374 e. The molecule has 2 aliphatic heterocycles. The number of rotatable bonds is 9. The summed E-state index contributed by atoms with van der Waals surface area (Å²) in [6.45, 7) is 3.74. The van der Waals surface area contributed by atoms with Gasteiger partial charge in [0.1, 0.15) is 17.3 Å². The van der Waals surface area contributed by atoms with E-state index in [1.807, 2.05) is 30.3 Å². The first-order valence-electron chi connectivity index (χ1n) is 12.6. The van der Waals surface area contributed by atoms with Gasteiger partial charge >= 0.3 is 0 Å². The zero-order chi connectivity index (χ0) is 27.5. The number of halogens is 2. The zero-order valence-corrected chi connectivity index (χ0v) is 23.2. The van der Waals surface area contributed by atoms with Gasteiger partial charge in [-0.1, -0.05) is 42.5 Å². The van der Waals surface area contributed by atoms with Crippen LogP contribution in [0, 0.1) is 11.2 Å². The van der Waals surface area contributed by atoms with Gasteiger partial charge in [0.05, 0.1) is 24.5 Å². The summed E-state index contributed by atoms with van der Waals surface area (Å²) in [6, 6.07) is 14.5. The number of carbonyl (C=O) groups excluding carboxylic acids is 3. The number of ether oxygens (including phenoxy) is 1. The third-order valence-electron chi connectivity index (χ3n) is 6.92. The van der Waals surface area contributed by atoms with Gasteiger partial charge < -0.3 is 20.7 Å². The highest BCUT2D eigenvalue weighted by atomic mass is 35.5. The number of carbonyl (C=O) groups is 3. The monoisotopic (exact) mass is 559 g/mol. The molecule has 1 saturated heterocycles. The lowest BCUT2D eigenvalue weighted by atomic mass is 9.73. The molecule has 2 aromatic rings. The Morgan fingerprint density at radius 1 is 1.15 bits per heavy atom. The molecular formula is C28H35ClFN5O4. The third-order valence-corrected chi connectivity index (χ3v) is 6.92. The van der Waals surface area contributed by atoms with E-state index in [0.29, 0.717) is 18.7 Å². The van der Waals surface area contributed by atoms with Crippen LogP contribution in [0.25, 0.3) is 0 Å². The summed E-state index contributed by atoms with van der Waals surface area (Å²) in [5.41, 5.74) is 6.10. The molecule has 0 spiro atoms. The number of fused-ring (bicyclic) bond motifs is 1. The molecule has 3 N–H and O–H groups in total. The summed E-state index contributed by atoms with van der Waals surface area (Å²) >= 11 is 0. The van der Waals surface area contributed by atoms with Crippen LogP contribution in [0.2, 0.25) is 0 Å². The Morgan fingerprint density at radius 3 is 2.46 bits per heavy atom. The van der Waals surface area contributed by atoms with E-state index in [-0.39, 0.29) is 56.2 Å². The SMILES string of the molecule is CN1N=C2CCN(C(=O)[C@@H](COCc3ccccc3)NC(=O)C(C)(C)N)C[C@]2(Cc2ccc(F)cc2)C1=O.Cl. The van der Waals surface area contributed by atoms with Crippen LogP contribution in [-0.4, -0.2) is 71.7 Å². The Kier molecular flexibility index (Phi) is 9.47. The number of likely N-dealkylation sites (tertiary alicyclic amines) is 1. The molecule has 0 aromatic heterocycles. The number of amides is 3. The lowest BCUT2D eigenvalue weighted by Gasteiger charge is -2.40. The molecule has 1 fully saturated rings. The van der Waals surface area contributed by atoms with Crippen LogP contribution in [0.4, 0.5) is 4.39 Å². The van der Waals surface area contributed by atoms with Crippen LogP contribution in [-0.2, 0) is 32.1 Å². The minimum absolute atomic E-state index is 0. The molecule has 2 aliphatic rings. The van der Waals surface area contributed by atoms with E-state index in [1.54, 1.807) is 37.9 Å². The summed E-state index contributed by atoms with van der Waals surface area (Å²) in [6.07, 6.45) is 0.674. The van der Waals surface area contributed by atoms with Crippen molar-refractivity contribution in [3.63, 3.8) is 0 Å². The van der Waals surface area contributed by atoms with Crippen LogP contribution in [0.3, 0.4) is 0 Å². The van der Waals surface area contributed by atoms with Crippen LogP contribution < -0.4 is 11.1 Å². The lowest BCUT2D eigenvalue weighted by Crippen LogP contribution is -2.61. The number of hydrazone groups is 1. The number of nitrogens with two attached hydrogens (primary N) is 1. The number of benzene rings is 2. The Morgan fingerprint density at radius 2 is 1.82 bits per heavy atom. The van der Waals surface area contributed by atoms with Gasteiger partial charge in [-0.15, -0.1) is 12.4 Å². The average Bonchev–Trinajstić information content (AvgIpc) is 3.13. The maximum absolute atomic E-state index is 13.8. The smallest absolute Gasteiger partial charge is 0.256 e. The fraction of sp³-hybridized carbons (Fsp3) is 0.429.